The average Bonchev–Trinajstić information content (AvgIpc) is 3.84. The molecule has 4 aromatic rings. The highest BCUT2D eigenvalue weighted by Gasteiger charge is 2.43. The summed E-state index contributed by atoms with van der Waals surface area (Å²) in [5.41, 5.74) is 3.46. The number of benzene rings is 2. The van der Waals surface area contributed by atoms with Crippen molar-refractivity contribution < 1.29 is 27.9 Å². The topological polar surface area (TPSA) is 110 Å². The minimum atomic E-state index is -1.25. The Bertz CT molecular complexity index is 1910. The molecule has 0 spiro atoms. The number of carbonyl (C=O) groups is 3. The Morgan fingerprint density at radius 1 is 1.10 bits per heavy atom. The summed E-state index contributed by atoms with van der Waals surface area (Å²) in [6.07, 6.45) is 0.752. The standard InChI is InChI=1S/C35H35ClF2N6O4S/c1-35(2,3)48-34(47)42-10-8-23(27(38)17-42)20-6-4-19(5-7-20)21-12-24-25(26(36)13-21)16-44(32(24)46)30(31(45)41-33-39-9-11-49-33)29-28-14-22(37)15-43(28)18-40-29/h4-7,9,11-13,18,22-23,27,30H,8,10,14-17H2,1-3H3,(H,39,41,45)/t22-,23+,27-,30?/m1/s1. The van der Waals surface area contributed by atoms with E-state index in [-0.39, 0.29) is 32.0 Å². The van der Waals surface area contributed by atoms with Gasteiger partial charge in [0, 0.05) is 58.8 Å². The molecule has 1 unspecified atom stereocenters. The maximum Gasteiger partial charge on any atom is 0.410 e. The number of fused-ring (bicyclic) bond motifs is 2. The van der Waals surface area contributed by atoms with E-state index in [2.05, 4.69) is 15.3 Å². The third-order valence-electron chi connectivity index (χ3n) is 9.15. The van der Waals surface area contributed by atoms with Crippen LogP contribution in [0.4, 0.5) is 18.7 Å². The fourth-order valence-corrected chi connectivity index (χ4v) is 7.66. The van der Waals surface area contributed by atoms with Gasteiger partial charge in [-0.3, -0.25) is 14.9 Å². The first-order valence-corrected chi connectivity index (χ1v) is 17.4. The van der Waals surface area contributed by atoms with E-state index < -0.39 is 41.9 Å². The molecule has 0 saturated carbocycles. The Labute approximate surface area is 291 Å². The van der Waals surface area contributed by atoms with Crippen molar-refractivity contribution in [3.05, 3.63) is 87.4 Å². The van der Waals surface area contributed by atoms with Gasteiger partial charge in [-0.05, 0) is 56.0 Å². The number of thiazole rings is 1. The van der Waals surface area contributed by atoms with Gasteiger partial charge in [0.1, 0.15) is 17.9 Å². The number of anilines is 1. The van der Waals surface area contributed by atoms with Gasteiger partial charge in [-0.15, -0.1) is 11.3 Å². The van der Waals surface area contributed by atoms with Gasteiger partial charge in [0.15, 0.2) is 11.2 Å². The lowest BCUT2D eigenvalue weighted by atomic mass is 9.87. The molecule has 49 heavy (non-hydrogen) atoms. The number of imidazole rings is 1. The Kier molecular flexibility index (Phi) is 8.68. The van der Waals surface area contributed by atoms with Gasteiger partial charge in [0.2, 0.25) is 0 Å². The molecule has 1 fully saturated rings. The van der Waals surface area contributed by atoms with Crippen LogP contribution in [0.15, 0.2) is 54.3 Å². The van der Waals surface area contributed by atoms with Crippen molar-refractivity contribution in [1.29, 1.82) is 0 Å². The molecule has 1 N–H and O–H groups in total. The van der Waals surface area contributed by atoms with E-state index in [1.807, 2.05) is 24.3 Å². The Hall–Kier alpha value is -4.36. The molecule has 0 bridgehead atoms. The van der Waals surface area contributed by atoms with E-state index in [9.17, 15) is 18.8 Å². The van der Waals surface area contributed by atoms with Gasteiger partial charge < -0.3 is 19.1 Å². The highest BCUT2D eigenvalue weighted by molar-refractivity contribution is 7.13. The number of rotatable bonds is 6. The van der Waals surface area contributed by atoms with E-state index in [1.54, 1.807) is 49.0 Å². The number of likely N-dealkylation sites (tertiary alicyclic amines) is 1. The maximum absolute atomic E-state index is 15.3. The number of halogens is 3. The van der Waals surface area contributed by atoms with Gasteiger partial charge in [0.05, 0.1) is 25.1 Å². The Morgan fingerprint density at radius 3 is 2.57 bits per heavy atom. The SMILES string of the molecule is CC(C)(C)OC(=O)N1CC[C@@H](c2ccc(-c3cc(Cl)c4c(c3)C(=O)N(C(C(=O)Nc3nccs3)c3ncn5c3C[C@@H](F)C5)C4)cc2)[C@H](F)C1. The number of aromatic nitrogens is 3. The van der Waals surface area contributed by atoms with E-state index in [0.717, 1.165) is 11.1 Å². The molecule has 0 aliphatic carbocycles. The minimum Gasteiger partial charge on any atom is -0.444 e. The molecule has 256 valence electrons. The summed E-state index contributed by atoms with van der Waals surface area (Å²) in [4.78, 5) is 51.8. The van der Waals surface area contributed by atoms with E-state index in [0.29, 0.717) is 51.2 Å². The molecule has 2 aromatic carbocycles. The largest absolute Gasteiger partial charge is 0.444 e. The van der Waals surface area contributed by atoms with Gasteiger partial charge in [-0.1, -0.05) is 35.9 Å². The number of alkyl halides is 2. The van der Waals surface area contributed by atoms with Crippen molar-refractivity contribution >= 4 is 46.0 Å². The normalized spacial score (nSPS) is 21.0. The second-order valence-electron chi connectivity index (χ2n) is 13.6. The van der Waals surface area contributed by atoms with Gasteiger partial charge in [-0.2, -0.15) is 0 Å². The van der Waals surface area contributed by atoms with E-state index in [4.69, 9.17) is 16.3 Å². The smallest absolute Gasteiger partial charge is 0.410 e. The van der Waals surface area contributed by atoms with Crippen LogP contribution >= 0.6 is 22.9 Å². The average molecular weight is 709 g/mol. The van der Waals surface area contributed by atoms with Gasteiger partial charge in [-0.25, -0.2) is 23.5 Å². The van der Waals surface area contributed by atoms with Crippen molar-refractivity contribution in [2.75, 3.05) is 18.4 Å². The molecule has 10 nitrogen and oxygen atoms in total. The summed E-state index contributed by atoms with van der Waals surface area (Å²) >= 11 is 8.04. The molecule has 3 aliphatic heterocycles. The highest BCUT2D eigenvalue weighted by atomic mass is 35.5. The van der Waals surface area contributed by atoms with Crippen molar-refractivity contribution in [3.63, 3.8) is 0 Å². The lowest BCUT2D eigenvalue weighted by Crippen LogP contribution is -2.46. The summed E-state index contributed by atoms with van der Waals surface area (Å²) < 4.78 is 36.8. The zero-order chi connectivity index (χ0) is 34.6. The number of hydrogen-bond acceptors (Lipinski definition) is 7. The number of ether oxygens (including phenoxy) is 1. The molecule has 0 radical (unpaired) electrons. The molecule has 2 aromatic heterocycles. The third kappa shape index (κ3) is 6.53. The molecule has 7 rings (SSSR count). The number of amides is 3. The van der Waals surface area contributed by atoms with Crippen LogP contribution in [0.2, 0.25) is 5.02 Å². The molecule has 14 heteroatoms. The number of nitrogens with zero attached hydrogens (tertiary/aromatic N) is 5. The predicted molar refractivity (Wildman–Crippen MR) is 181 cm³/mol. The van der Waals surface area contributed by atoms with Crippen LogP contribution in [-0.4, -0.2) is 73.3 Å². The van der Waals surface area contributed by atoms with Crippen LogP contribution in [0.5, 0.6) is 0 Å². The first kappa shape index (κ1) is 33.2. The second kappa shape index (κ2) is 12.8. The van der Waals surface area contributed by atoms with E-state index >= 15 is 4.39 Å². The van der Waals surface area contributed by atoms with Crippen molar-refractivity contribution in [2.45, 2.75) is 76.6 Å². The van der Waals surface area contributed by atoms with E-state index in [1.165, 1.54) is 27.5 Å². The lowest BCUT2D eigenvalue weighted by molar-refractivity contribution is -0.121. The number of piperidine rings is 1. The molecule has 3 aliphatic rings. The van der Waals surface area contributed by atoms with Crippen LogP contribution in [0, 0.1) is 0 Å². The molecule has 1 saturated heterocycles. The lowest BCUT2D eigenvalue weighted by Gasteiger charge is -2.35. The summed E-state index contributed by atoms with van der Waals surface area (Å²) in [5, 5.41) is 5.25. The number of carbonyl (C=O) groups excluding carboxylic acids is 3. The van der Waals surface area contributed by atoms with Crippen LogP contribution < -0.4 is 5.32 Å². The fourth-order valence-electron chi connectivity index (χ4n) is 6.85. The first-order chi connectivity index (χ1) is 23.4. The molecular formula is C35H35ClF2N6O4S. The first-order valence-electron chi connectivity index (χ1n) is 16.1. The van der Waals surface area contributed by atoms with Crippen molar-refractivity contribution in [1.82, 2.24) is 24.3 Å². The molecule has 5 heterocycles. The molecule has 3 amide bonds. The summed E-state index contributed by atoms with van der Waals surface area (Å²) in [5.74, 6) is -1.28. The highest BCUT2D eigenvalue weighted by Crippen LogP contribution is 2.40. The molecule has 4 atom stereocenters. The third-order valence-corrected chi connectivity index (χ3v) is 10.2. The molecular weight excluding hydrogens is 674 g/mol. The van der Waals surface area contributed by atoms with Crippen molar-refractivity contribution in [2.24, 2.45) is 0 Å². The predicted octanol–water partition coefficient (Wildman–Crippen LogP) is 6.95. The van der Waals surface area contributed by atoms with Gasteiger partial charge >= 0.3 is 6.09 Å². The summed E-state index contributed by atoms with van der Waals surface area (Å²) in [7, 11) is 0. The van der Waals surface area contributed by atoms with Crippen LogP contribution in [0.25, 0.3) is 11.1 Å². The zero-order valence-electron chi connectivity index (χ0n) is 27.2. The van der Waals surface area contributed by atoms with Gasteiger partial charge in [0.25, 0.3) is 11.8 Å². The monoisotopic (exact) mass is 708 g/mol. The second-order valence-corrected chi connectivity index (χ2v) is 14.9. The summed E-state index contributed by atoms with van der Waals surface area (Å²) in [6, 6.07) is 9.84. The van der Waals surface area contributed by atoms with Crippen LogP contribution in [-0.2, 0) is 29.0 Å². The number of hydrogen-bond donors (Lipinski definition) is 1. The maximum atomic E-state index is 15.3. The summed E-state index contributed by atoms with van der Waals surface area (Å²) in [6.45, 7) is 5.89. The Morgan fingerprint density at radius 2 is 1.88 bits per heavy atom. The number of nitrogens with one attached hydrogen (secondary N) is 1. The Balaban J connectivity index is 1.11. The quantitative estimate of drug-likeness (QED) is 0.232. The van der Waals surface area contributed by atoms with Crippen LogP contribution in [0.3, 0.4) is 0 Å². The minimum absolute atomic E-state index is 0.0423. The van der Waals surface area contributed by atoms with Crippen molar-refractivity contribution in [3.8, 4) is 11.1 Å². The van der Waals surface area contributed by atoms with Crippen LogP contribution in [0.1, 0.15) is 72.0 Å². The fraction of sp³-hybridized carbons (Fsp3) is 0.400. The zero-order valence-corrected chi connectivity index (χ0v) is 28.7.